The van der Waals surface area contributed by atoms with Crippen molar-refractivity contribution < 1.29 is 51.8 Å². The van der Waals surface area contributed by atoms with Gasteiger partial charge in [0.1, 0.15) is 0 Å². The number of rotatable bonds is 2. The molecule has 4 fully saturated rings. The Morgan fingerprint density at radius 1 is 0.962 bits per heavy atom. The van der Waals surface area contributed by atoms with Crippen LogP contribution in [0, 0.1) is 34.5 Å². The van der Waals surface area contributed by atoms with E-state index in [1.165, 1.54) is 12.8 Å². The molecule has 0 heterocycles. The average molecular weight is 395 g/mol. The predicted molar refractivity (Wildman–Crippen MR) is 92.3 cm³/mol. The van der Waals surface area contributed by atoms with Crippen molar-refractivity contribution in [2.24, 2.45) is 34.5 Å². The van der Waals surface area contributed by atoms with Gasteiger partial charge in [-0.1, -0.05) is 13.8 Å². The van der Waals surface area contributed by atoms with E-state index in [0.29, 0.717) is 36.5 Å². The number of aliphatic hydroxyl groups excluding tert-OH is 1. The van der Waals surface area contributed by atoms with Gasteiger partial charge in [-0.2, -0.15) is 0 Å². The summed E-state index contributed by atoms with van der Waals surface area (Å²) in [7, 11) is -4.61. The molecule has 5 nitrogen and oxygen atoms in total. The molecule has 0 unspecified atom stereocenters. The Bertz CT molecular complexity index is 640. The molecule has 0 saturated heterocycles. The first-order valence-electron chi connectivity index (χ1n) is 9.96. The molecule has 4 rings (SSSR count). The van der Waals surface area contributed by atoms with Crippen LogP contribution in [0.3, 0.4) is 0 Å². The second kappa shape index (κ2) is 7.26. The SMILES string of the molecule is C[C@]12CC[C@H](OS(=O)(=O)[O-])C[C@@H]1CC[C@@H]1[C@@H]2CC[C@]2(C)[C@@H](O)CC[C@@H]12.[Na+]. The normalized spacial score (nSPS) is 50.9. The smallest absolute Gasteiger partial charge is 0.726 e. The zero-order chi connectivity index (χ0) is 18.0. The van der Waals surface area contributed by atoms with E-state index >= 15 is 0 Å². The Morgan fingerprint density at radius 2 is 1.62 bits per heavy atom. The molecule has 0 radical (unpaired) electrons. The molecule has 8 atom stereocenters. The van der Waals surface area contributed by atoms with Crippen LogP contribution in [-0.2, 0) is 14.6 Å². The van der Waals surface area contributed by atoms with Crippen molar-refractivity contribution in [1.29, 1.82) is 0 Å². The molecule has 1 N–H and O–H groups in total. The van der Waals surface area contributed by atoms with Crippen LogP contribution in [0.2, 0.25) is 0 Å². The number of aliphatic hydroxyl groups is 1. The van der Waals surface area contributed by atoms with E-state index < -0.39 is 16.5 Å². The summed E-state index contributed by atoms with van der Waals surface area (Å²) in [5.74, 6) is 2.44. The number of hydrogen-bond acceptors (Lipinski definition) is 5. The Balaban J connectivity index is 0.00000196. The van der Waals surface area contributed by atoms with Crippen LogP contribution < -0.4 is 29.6 Å². The summed E-state index contributed by atoms with van der Waals surface area (Å²) in [6.45, 7) is 4.69. The van der Waals surface area contributed by atoms with E-state index in [4.69, 9.17) is 4.18 Å². The Kier molecular flexibility index (Phi) is 6.02. The summed E-state index contributed by atoms with van der Waals surface area (Å²) in [6, 6.07) is 0. The minimum absolute atomic E-state index is 0. The minimum atomic E-state index is -4.61. The first kappa shape index (κ1) is 21.5. The fraction of sp³-hybridized carbons (Fsp3) is 1.00. The van der Waals surface area contributed by atoms with Gasteiger partial charge in [0.2, 0.25) is 10.4 Å². The summed E-state index contributed by atoms with van der Waals surface area (Å²) in [5.41, 5.74) is 0.325. The molecule has 4 saturated carbocycles. The van der Waals surface area contributed by atoms with Crippen molar-refractivity contribution in [2.75, 3.05) is 0 Å². The molecule has 0 aromatic carbocycles. The summed E-state index contributed by atoms with van der Waals surface area (Å²) >= 11 is 0. The molecule has 0 spiro atoms. The molecule has 4 aliphatic carbocycles. The second-order valence-electron chi connectivity index (χ2n) is 9.70. The molecular formula is C19H31NaO5S. The van der Waals surface area contributed by atoms with Crippen LogP contribution in [0.1, 0.15) is 71.6 Å². The predicted octanol–water partition coefficient (Wildman–Crippen LogP) is 0.239. The van der Waals surface area contributed by atoms with E-state index in [-0.39, 0.29) is 46.5 Å². The first-order chi connectivity index (χ1) is 11.6. The van der Waals surface area contributed by atoms with Crippen LogP contribution in [-0.4, -0.2) is 30.3 Å². The first-order valence-corrected chi connectivity index (χ1v) is 11.3. The number of fused-ring (bicyclic) bond motifs is 5. The van der Waals surface area contributed by atoms with Gasteiger partial charge in [0.15, 0.2) is 0 Å². The number of hydrogen-bond donors (Lipinski definition) is 1. The van der Waals surface area contributed by atoms with E-state index in [0.717, 1.165) is 32.1 Å². The summed E-state index contributed by atoms with van der Waals surface area (Å²) < 4.78 is 37.7. The molecule has 0 amide bonds. The fourth-order valence-electron chi connectivity index (χ4n) is 7.45. The van der Waals surface area contributed by atoms with Gasteiger partial charge in [0, 0.05) is 0 Å². The molecule has 4 aliphatic rings. The third kappa shape index (κ3) is 3.46. The van der Waals surface area contributed by atoms with E-state index in [9.17, 15) is 18.1 Å². The van der Waals surface area contributed by atoms with Crippen molar-refractivity contribution in [3.05, 3.63) is 0 Å². The van der Waals surface area contributed by atoms with Gasteiger partial charge < -0.3 is 9.66 Å². The summed E-state index contributed by atoms with van der Waals surface area (Å²) in [6.07, 6.45) is 8.40. The standard InChI is InChI=1S/C19H32O5S.Na/c1-18-9-7-13(24-25(21,22)23)11-12(18)3-4-14-15-5-6-17(20)19(15,2)10-8-16(14)18;/h12-17,20H,3-11H2,1-2H3,(H,21,22,23);/q;+1/p-1/t12-,13-,14-,15-,16-,17-,18-,19-;/m0./s1. The molecular weight excluding hydrogens is 363 g/mol. The summed E-state index contributed by atoms with van der Waals surface area (Å²) in [4.78, 5) is 0. The minimum Gasteiger partial charge on any atom is -0.726 e. The van der Waals surface area contributed by atoms with Crippen molar-refractivity contribution >= 4 is 10.4 Å². The Hall–Kier alpha value is 0.830. The molecule has 7 heteroatoms. The molecule has 0 aromatic heterocycles. The van der Waals surface area contributed by atoms with Gasteiger partial charge in [-0.15, -0.1) is 0 Å². The van der Waals surface area contributed by atoms with Gasteiger partial charge in [-0.3, -0.25) is 4.18 Å². The zero-order valence-corrected chi connectivity index (χ0v) is 19.1. The molecule has 144 valence electrons. The average Bonchev–Trinajstić information content (AvgIpc) is 2.82. The van der Waals surface area contributed by atoms with Gasteiger partial charge in [0.05, 0.1) is 12.2 Å². The van der Waals surface area contributed by atoms with Crippen LogP contribution >= 0.6 is 0 Å². The Morgan fingerprint density at radius 3 is 2.31 bits per heavy atom. The third-order valence-electron chi connectivity index (χ3n) is 8.82. The molecule has 0 aliphatic heterocycles. The molecule has 26 heavy (non-hydrogen) atoms. The second-order valence-corrected chi connectivity index (χ2v) is 10.7. The van der Waals surface area contributed by atoms with E-state index in [1.54, 1.807) is 0 Å². The maximum absolute atomic E-state index is 11.0. The van der Waals surface area contributed by atoms with Gasteiger partial charge in [-0.05, 0) is 92.3 Å². The van der Waals surface area contributed by atoms with Crippen LogP contribution in [0.25, 0.3) is 0 Å². The van der Waals surface area contributed by atoms with Crippen molar-refractivity contribution in [1.82, 2.24) is 0 Å². The van der Waals surface area contributed by atoms with Crippen molar-refractivity contribution in [2.45, 2.75) is 83.8 Å². The van der Waals surface area contributed by atoms with Crippen molar-refractivity contribution in [3.63, 3.8) is 0 Å². The summed E-state index contributed by atoms with van der Waals surface area (Å²) in [5, 5.41) is 10.5. The van der Waals surface area contributed by atoms with Gasteiger partial charge >= 0.3 is 29.6 Å². The fourth-order valence-corrected chi connectivity index (χ4v) is 7.95. The van der Waals surface area contributed by atoms with Gasteiger partial charge in [-0.25, -0.2) is 8.42 Å². The molecule has 0 aromatic rings. The largest absolute Gasteiger partial charge is 1.00 e. The third-order valence-corrected chi connectivity index (χ3v) is 9.33. The van der Waals surface area contributed by atoms with Crippen molar-refractivity contribution in [3.8, 4) is 0 Å². The monoisotopic (exact) mass is 394 g/mol. The maximum atomic E-state index is 11.0. The van der Waals surface area contributed by atoms with E-state index in [1.807, 2.05) is 0 Å². The van der Waals surface area contributed by atoms with Crippen LogP contribution in [0.5, 0.6) is 0 Å². The zero-order valence-electron chi connectivity index (χ0n) is 16.3. The maximum Gasteiger partial charge on any atom is 1.00 e. The molecule has 0 bridgehead atoms. The Labute approximate surface area is 179 Å². The van der Waals surface area contributed by atoms with Crippen LogP contribution in [0.4, 0.5) is 0 Å². The van der Waals surface area contributed by atoms with Gasteiger partial charge in [0.25, 0.3) is 0 Å². The quantitative estimate of drug-likeness (QED) is 0.412. The topological polar surface area (TPSA) is 86.7 Å². The van der Waals surface area contributed by atoms with Crippen LogP contribution in [0.15, 0.2) is 0 Å². The van der Waals surface area contributed by atoms with E-state index in [2.05, 4.69) is 13.8 Å².